The zero-order valence-corrected chi connectivity index (χ0v) is 7.23. The largest absolute Gasteiger partial charge is 0.480 e. The third-order valence-corrected chi connectivity index (χ3v) is 2.82. The number of rotatable bonds is 1. The molecule has 0 spiro atoms. The van der Waals surface area contributed by atoms with E-state index in [1.54, 1.807) is 0 Å². The van der Waals surface area contributed by atoms with E-state index in [0.717, 1.165) is 25.7 Å². The molecule has 0 atom stereocenters. The van der Waals surface area contributed by atoms with E-state index in [1.807, 2.05) is 0 Å². The molecule has 0 aromatic carbocycles. The van der Waals surface area contributed by atoms with E-state index in [0.29, 0.717) is 12.8 Å². The number of carboxylic acids is 1. The van der Waals surface area contributed by atoms with Crippen molar-refractivity contribution >= 4 is 17.6 Å². The fraction of sp³-hybridized carbons (Fsp3) is 0.875. The zero-order valence-electron chi connectivity index (χ0n) is 6.48. The van der Waals surface area contributed by atoms with Gasteiger partial charge in [0.1, 0.15) is 4.87 Å². The van der Waals surface area contributed by atoms with E-state index in [2.05, 4.69) is 0 Å². The number of carbonyl (C=O) groups is 1. The number of aliphatic carboxylic acids is 1. The Morgan fingerprint density at radius 2 is 1.64 bits per heavy atom. The molecule has 1 aliphatic carbocycles. The maximum absolute atomic E-state index is 10.7. The Morgan fingerprint density at radius 3 is 2.00 bits per heavy atom. The molecule has 0 saturated heterocycles. The first kappa shape index (κ1) is 8.85. The lowest BCUT2D eigenvalue weighted by atomic mass is 10.00. The van der Waals surface area contributed by atoms with Crippen molar-refractivity contribution in [1.29, 1.82) is 0 Å². The van der Waals surface area contributed by atoms with Crippen molar-refractivity contribution in [2.45, 2.75) is 43.4 Å². The van der Waals surface area contributed by atoms with Crippen molar-refractivity contribution in [2.75, 3.05) is 0 Å². The highest BCUT2D eigenvalue weighted by Crippen LogP contribution is 2.32. The van der Waals surface area contributed by atoms with Crippen molar-refractivity contribution in [3.63, 3.8) is 0 Å². The van der Waals surface area contributed by atoms with Gasteiger partial charge < -0.3 is 5.11 Å². The lowest BCUT2D eigenvalue weighted by molar-refractivity contribution is -0.140. The lowest BCUT2D eigenvalue weighted by Gasteiger charge is -2.18. The van der Waals surface area contributed by atoms with E-state index in [9.17, 15) is 4.79 Å². The van der Waals surface area contributed by atoms with Crippen molar-refractivity contribution < 1.29 is 9.90 Å². The van der Waals surface area contributed by atoms with Gasteiger partial charge in [-0.3, -0.25) is 4.79 Å². The van der Waals surface area contributed by atoms with Crippen molar-refractivity contribution in [3.8, 4) is 0 Å². The molecule has 1 fully saturated rings. The van der Waals surface area contributed by atoms with Gasteiger partial charge in [0.15, 0.2) is 0 Å². The molecule has 0 amide bonds. The van der Waals surface area contributed by atoms with Crippen LogP contribution >= 0.6 is 11.6 Å². The van der Waals surface area contributed by atoms with E-state index in [4.69, 9.17) is 16.7 Å². The number of hydrogen-bond donors (Lipinski definition) is 1. The van der Waals surface area contributed by atoms with Crippen LogP contribution in [-0.2, 0) is 4.79 Å². The predicted octanol–water partition coefficient (Wildman–Crippen LogP) is 2.40. The molecule has 0 aromatic rings. The van der Waals surface area contributed by atoms with Crippen LogP contribution in [0.5, 0.6) is 0 Å². The van der Waals surface area contributed by atoms with Crippen LogP contribution in [0.3, 0.4) is 0 Å². The van der Waals surface area contributed by atoms with Crippen LogP contribution in [0.25, 0.3) is 0 Å². The van der Waals surface area contributed by atoms with Crippen LogP contribution in [0.1, 0.15) is 38.5 Å². The van der Waals surface area contributed by atoms with Gasteiger partial charge in [-0.2, -0.15) is 0 Å². The average Bonchev–Trinajstić information content (AvgIpc) is 2.15. The number of alkyl halides is 1. The molecule has 2 nitrogen and oxygen atoms in total. The average molecular weight is 177 g/mol. The Morgan fingerprint density at radius 1 is 1.18 bits per heavy atom. The van der Waals surface area contributed by atoms with Crippen LogP contribution in [-0.4, -0.2) is 16.0 Å². The minimum Gasteiger partial charge on any atom is -0.480 e. The van der Waals surface area contributed by atoms with Gasteiger partial charge in [0.25, 0.3) is 0 Å². The van der Waals surface area contributed by atoms with E-state index < -0.39 is 10.8 Å². The number of hydrogen-bond acceptors (Lipinski definition) is 1. The van der Waals surface area contributed by atoms with Gasteiger partial charge in [0.05, 0.1) is 0 Å². The standard InChI is InChI=1S/C8H13ClO2/c9-8(7(10)11)5-3-1-2-4-6-8/h1-6H2,(H,10,11). The summed E-state index contributed by atoms with van der Waals surface area (Å²) in [6.45, 7) is 0. The number of halogens is 1. The summed E-state index contributed by atoms with van der Waals surface area (Å²) >= 11 is 5.91. The highest BCUT2D eigenvalue weighted by atomic mass is 35.5. The molecule has 1 N–H and O–H groups in total. The van der Waals surface area contributed by atoms with E-state index >= 15 is 0 Å². The van der Waals surface area contributed by atoms with Crippen LogP contribution in [0.2, 0.25) is 0 Å². The normalized spacial score (nSPS) is 24.1. The van der Waals surface area contributed by atoms with Gasteiger partial charge in [-0.05, 0) is 12.8 Å². The van der Waals surface area contributed by atoms with Crippen LogP contribution in [0.15, 0.2) is 0 Å². The minimum absolute atomic E-state index is 0.629. The third-order valence-electron chi connectivity index (χ3n) is 2.28. The molecule has 0 heterocycles. The van der Waals surface area contributed by atoms with Crippen molar-refractivity contribution in [3.05, 3.63) is 0 Å². The second kappa shape index (κ2) is 3.44. The summed E-state index contributed by atoms with van der Waals surface area (Å²) in [4.78, 5) is 9.75. The summed E-state index contributed by atoms with van der Waals surface area (Å²) in [7, 11) is 0. The monoisotopic (exact) mass is 176 g/mol. The van der Waals surface area contributed by atoms with Gasteiger partial charge in [0, 0.05) is 0 Å². The summed E-state index contributed by atoms with van der Waals surface area (Å²) in [5, 5.41) is 8.79. The van der Waals surface area contributed by atoms with Gasteiger partial charge in [-0.1, -0.05) is 25.7 Å². The lowest BCUT2D eigenvalue weighted by Crippen LogP contribution is -2.31. The molecule has 0 radical (unpaired) electrons. The summed E-state index contributed by atoms with van der Waals surface area (Å²) in [5.41, 5.74) is 0. The Kier molecular flexibility index (Phi) is 2.77. The SMILES string of the molecule is O=C(O)C1(Cl)CCCCCC1. The Hall–Kier alpha value is -0.240. The smallest absolute Gasteiger partial charge is 0.324 e. The third kappa shape index (κ3) is 2.09. The summed E-state index contributed by atoms with van der Waals surface area (Å²) in [5.74, 6) is -0.846. The quantitative estimate of drug-likeness (QED) is 0.492. The molecule has 11 heavy (non-hydrogen) atoms. The zero-order chi connectivity index (χ0) is 8.32. The molecule has 0 unspecified atom stereocenters. The first-order valence-electron chi connectivity index (χ1n) is 4.07. The fourth-order valence-electron chi connectivity index (χ4n) is 1.50. The molecule has 0 aromatic heterocycles. The molecule has 0 aliphatic heterocycles. The molecular formula is C8H13ClO2. The van der Waals surface area contributed by atoms with Crippen molar-refractivity contribution in [2.24, 2.45) is 0 Å². The minimum atomic E-state index is -0.948. The fourth-order valence-corrected chi connectivity index (χ4v) is 1.77. The Bertz CT molecular complexity index is 148. The van der Waals surface area contributed by atoms with Crippen LogP contribution in [0.4, 0.5) is 0 Å². The van der Waals surface area contributed by atoms with Gasteiger partial charge >= 0.3 is 5.97 Å². The maximum Gasteiger partial charge on any atom is 0.324 e. The second-order valence-electron chi connectivity index (χ2n) is 3.18. The first-order valence-corrected chi connectivity index (χ1v) is 4.45. The molecule has 1 rings (SSSR count). The van der Waals surface area contributed by atoms with Gasteiger partial charge in [0.2, 0.25) is 0 Å². The highest BCUT2D eigenvalue weighted by molar-refractivity contribution is 6.33. The summed E-state index contributed by atoms with van der Waals surface area (Å²) in [6.07, 6.45) is 5.42. The number of carboxylic acid groups (broad SMARTS) is 1. The van der Waals surface area contributed by atoms with Crippen LogP contribution in [0, 0.1) is 0 Å². The maximum atomic E-state index is 10.7. The first-order chi connectivity index (χ1) is 5.15. The Labute approximate surface area is 71.5 Å². The molecular weight excluding hydrogens is 164 g/mol. The topological polar surface area (TPSA) is 37.3 Å². The summed E-state index contributed by atoms with van der Waals surface area (Å²) < 4.78 is 0. The molecule has 0 bridgehead atoms. The van der Waals surface area contributed by atoms with E-state index in [1.165, 1.54) is 0 Å². The summed E-state index contributed by atoms with van der Waals surface area (Å²) in [6, 6.07) is 0. The molecule has 64 valence electrons. The van der Waals surface area contributed by atoms with Crippen molar-refractivity contribution in [1.82, 2.24) is 0 Å². The van der Waals surface area contributed by atoms with Crippen LogP contribution < -0.4 is 0 Å². The highest BCUT2D eigenvalue weighted by Gasteiger charge is 2.35. The molecule has 3 heteroatoms. The Balaban J connectivity index is 2.59. The van der Waals surface area contributed by atoms with Gasteiger partial charge in [-0.25, -0.2) is 0 Å². The molecule has 1 aliphatic rings. The predicted molar refractivity (Wildman–Crippen MR) is 43.9 cm³/mol. The van der Waals surface area contributed by atoms with E-state index in [-0.39, 0.29) is 0 Å². The molecule has 1 saturated carbocycles. The second-order valence-corrected chi connectivity index (χ2v) is 3.91. The van der Waals surface area contributed by atoms with Gasteiger partial charge in [-0.15, -0.1) is 11.6 Å².